The molecular formula is C26H26BrNO4. The average Bonchev–Trinajstić information content (AvgIpc) is 2.83. The molecule has 6 heteroatoms. The van der Waals surface area contributed by atoms with Crippen LogP contribution in [0.4, 0.5) is 0 Å². The van der Waals surface area contributed by atoms with E-state index in [0.717, 1.165) is 51.3 Å². The lowest BCUT2D eigenvalue weighted by Gasteiger charge is -2.21. The number of hydrogen-bond acceptors (Lipinski definition) is 5. The zero-order valence-corrected chi connectivity index (χ0v) is 20.1. The van der Waals surface area contributed by atoms with Gasteiger partial charge in [-0.3, -0.25) is 4.99 Å². The molecule has 0 saturated heterocycles. The van der Waals surface area contributed by atoms with E-state index in [9.17, 15) is 0 Å². The van der Waals surface area contributed by atoms with Gasteiger partial charge in [-0.1, -0.05) is 46.3 Å². The fourth-order valence-corrected chi connectivity index (χ4v) is 4.31. The summed E-state index contributed by atoms with van der Waals surface area (Å²) in [6.07, 6.45) is 1.54. The Balaban J connectivity index is 1.64. The lowest BCUT2D eigenvalue weighted by atomic mass is 9.93. The van der Waals surface area contributed by atoms with Gasteiger partial charge in [0.15, 0.2) is 23.0 Å². The van der Waals surface area contributed by atoms with Crippen molar-refractivity contribution in [2.75, 3.05) is 27.9 Å². The summed E-state index contributed by atoms with van der Waals surface area (Å²) in [5.41, 5.74) is 5.52. The molecule has 3 aromatic rings. The van der Waals surface area contributed by atoms with E-state index in [1.54, 1.807) is 21.3 Å². The molecule has 1 aliphatic rings. The maximum Gasteiger partial charge on any atom is 0.162 e. The zero-order chi connectivity index (χ0) is 22.5. The van der Waals surface area contributed by atoms with Gasteiger partial charge in [-0.2, -0.15) is 0 Å². The van der Waals surface area contributed by atoms with E-state index < -0.39 is 0 Å². The minimum atomic E-state index is 0.476. The standard InChI is InChI=1S/C26H26BrNO4/c1-29-23-13-19(21(27)15-25(23)31-3)11-22-20-14-26(32-16-17-7-5-4-6-8-17)24(30-2)12-18(20)9-10-28-22/h4-8,12-15H,9-11,16H2,1-3H3. The third-order valence-corrected chi connectivity index (χ3v) is 6.27. The number of fused-ring (bicyclic) bond motifs is 1. The first-order valence-corrected chi connectivity index (χ1v) is 11.2. The Morgan fingerprint density at radius 3 is 2.25 bits per heavy atom. The van der Waals surface area contributed by atoms with Crippen molar-refractivity contribution >= 4 is 21.6 Å². The third kappa shape index (κ3) is 4.75. The third-order valence-electron chi connectivity index (χ3n) is 5.53. The highest BCUT2D eigenvalue weighted by molar-refractivity contribution is 9.10. The second-order valence-corrected chi connectivity index (χ2v) is 8.34. The highest BCUT2D eigenvalue weighted by Gasteiger charge is 2.21. The number of ether oxygens (including phenoxy) is 4. The highest BCUT2D eigenvalue weighted by Crippen LogP contribution is 2.36. The van der Waals surface area contributed by atoms with Gasteiger partial charge in [0.2, 0.25) is 0 Å². The maximum absolute atomic E-state index is 6.14. The predicted octanol–water partition coefficient (Wildman–Crippen LogP) is 5.64. The predicted molar refractivity (Wildman–Crippen MR) is 130 cm³/mol. The van der Waals surface area contributed by atoms with Crippen LogP contribution in [0.5, 0.6) is 23.0 Å². The molecule has 0 aliphatic carbocycles. The molecule has 3 aromatic carbocycles. The summed E-state index contributed by atoms with van der Waals surface area (Å²) in [6.45, 7) is 1.23. The fraction of sp³-hybridized carbons (Fsp3) is 0.269. The summed E-state index contributed by atoms with van der Waals surface area (Å²) in [6, 6.07) is 18.2. The van der Waals surface area contributed by atoms with E-state index in [-0.39, 0.29) is 0 Å². The van der Waals surface area contributed by atoms with Gasteiger partial charge in [-0.25, -0.2) is 0 Å². The van der Waals surface area contributed by atoms with Crippen LogP contribution in [0.1, 0.15) is 22.3 Å². The van der Waals surface area contributed by atoms with Crippen LogP contribution >= 0.6 is 15.9 Å². The van der Waals surface area contributed by atoms with Gasteiger partial charge < -0.3 is 18.9 Å². The topological polar surface area (TPSA) is 49.3 Å². The lowest BCUT2D eigenvalue weighted by Crippen LogP contribution is -2.16. The second-order valence-electron chi connectivity index (χ2n) is 7.49. The number of halogens is 1. The number of aliphatic imine (C=N–C) groups is 1. The highest BCUT2D eigenvalue weighted by atomic mass is 79.9. The van der Waals surface area contributed by atoms with Gasteiger partial charge in [0.1, 0.15) is 6.61 Å². The smallest absolute Gasteiger partial charge is 0.162 e. The molecule has 0 amide bonds. The largest absolute Gasteiger partial charge is 0.493 e. The van der Waals surface area contributed by atoms with Crippen LogP contribution in [0, 0.1) is 0 Å². The summed E-state index contributed by atoms with van der Waals surface area (Å²) < 4.78 is 23.6. The van der Waals surface area contributed by atoms with E-state index in [1.165, 1.54) is 5.56 Å². The van der Waals surface area contributed by atoms with Crippen LogP contribution in [-0.2, 0) is 19.4 Å². The molecule has 0 saturated carbocycles. The van der Waals surface area contributed by atoms with E-state index in [4.69, 9.17) is 23.9 Å². The Labute approximate surface area is 197 Å². The molecular weight excluding hydrogens is 470 g/mol. The molecule has 0 aromatic heterocycles. The summed E-state index contributed by atoms with van der Waals surface area (Å²) in [5, 5.41) is 0. The first kappa shape index (κ1) is 22.2. The van der Waals surface area contributed by atoms with Gasteiger partial charge in [-0.15, -0.1) is 0 Å². The van der Waals surface area contributed by atoms with Crippen molar-refractivity contribution in [3.63, 3.8) is 0 Å². The van der Waals surface area contributed by atoms with Crippen LogP contribution < -0.4 is 18.9 Å². The van der Waals surface area contributed by atoms with E-state index in [2.05, 4.69) is 28.1 Å². The van der Waals surface area contributed by atoms with E-state index in [1.807, 2.05) is 42.5 Å². The van der Waals surface area contributed by atoms with Crippen molar-refractivity contribution in [3.05, 3.63) is 81.3 Å². The quantitative estimate of drug-likeness (QED) is 0.405. The molecule has 166 valence electrons. The van der Waals surface area contributed by atoms with Crippen molar-refractivity contribution in [2.45, 2.75) is 19.4 Å². The summed E-state index contributed by atoms with van der Waals surface area (Å²) in [7, 11) is 4.96. The van der Waals surface area contributed by atoms with Crippen molar-refractivity contribution in [2.24, 2.45) is 4.99 Å². The second kappa shape index (κ2) is 10.1. The Hall–Kier alpha value is -2.99. The lowest BCUT2D eigenvalue weighted by molar-refractivity contribution is 0.284. The van der Waals surface area contributed by atoms with Crippen molar-refractivity contribution < 1.29 is 18.9 Å². The number of hydrogen-bond donors (Lipinski definition) is 0. The van der Waals surface area contributed by atoms with Gasteiger partial charge in [0.05, 0.1) is 21.3 Å². The van der Waals surface area contributed by atoms with Crippen LogP contribution in [0.2, 0.25) is 0 Å². The molecule has 0 spiro atoms. The fourth-order valence-electron chi connectivity index (χ4n) is 3.84. The Morgan fingerprint density at radius 2 is 1.53 bits per heavy atom. The van der Waals surface area contributed by atoms with Crippen molar-refractivity contribution in [1.29, 1.82) is 0 Å². The molecule has 0 radical (unpaired) electrons. The van der Waals surface area contributed by atoms with Gasteiger partial charge in [0.25, 0.3) is 0 Å². The molecule has 0 atom stereocenters. The number of methoxy groups -OCH3 is 3. The number of benzene rings is 3. The molecule has 0 bridgehead atoms. The molecule has 0 fully saturated rings. The number of nitrogens with zero attached hydrogens (tertiary/aromatic N) is 1. The Morgan fingerprint density at radius 1 is 0.844 bits per heavy atom. The average molecular weight is 496 g/mol. The normalized spacial score (nSPS) is 12.6. The van der Waals surface area contributed by atoms with Crippen LogP contribution in [-0.4, -0.2) is 33.6 Å². The SMILES string of the molecule is COc1cc(Br)c(CC2=NCCc3cc(OC)c(OCc4ccccc4)cc32)cc1OC. The Kier molecular flexibility index (Phi) is 7.00. The zero-order valence-electron chi connectivity index (χ0n) is 18.5. The minimum absolute atomic E-state index is 0.476. The molecule has 32 heavy (non-hydrogen) atoms. The van der Waals surface area contributed by atoms with Crippen LogP contribution in [0.15, 0.2) is 64.1 Å². The first-order chi connectivity index (χ1) is 15.6. The Bertz CT molecular complexity index is 1130. The van der Waals surface area contributed by atoms with E-state index in [0.29, 0.717) is 24.5 Å². The molecule has 0 unspecified atom stereocenters. The number of rotatable bonds is 8. The van der Waals surface area contributed by atoms with Crippen LogP contribution in [0.3, 0.4) is 0 Å². The van der Waals surface area contributed by atoms with Crippen LogP contribution in [0.25, 0.3) is 0 Å². The minimum Gasteiger partial charge on any atom is -0.493 e. The summed E-state index contributed by atoms with van der Waals surface area (Å²) in [5.74, 6) is 2.85. The molecule has 1 heterocycles. The first-order valence-electron chi connectivity index (χ1n) is 10.4. The van der Waals surface area contributed by atoms with Crippen molar-refractivity contribution in [1.82, 2.24) is 0 Å². The summed E-state index contributed by atoms with van der Waals surface area (Å²) in [4.78, 5) is 4.85. The summed E-state index contributed by atoms with van der Waals surface area (Å²) >= 11 is 3.67. The molecule has 5 nitrogen and oxygen atoms in total. The van der Waals surface area contributed by atoms with Gasteiger partial charge in [0, 0.05) is 28.7 Å². The van der Waals surface area contributed by atoms with Gasteiger partial charge >= 0.3 is 0 Å². The maximum atomic E-state index is 6.14. The monoisotopic (exact) mass is 495 g/mol. The van der Waals surface area contributed by atoms with Gasteiger partial charge in [-0.05, 0) is 47.4 Å². The van der Waals surface area contributed by atoms with Crippen molar-refractivity contribution in [3.8, 4) is 23.0 Å². The van der Waals surface area contributed by atoms with E-state index >= 15 is 0 Å². The molecule has 0 N–H and O–H groups in total. The molecule has 1 aliphatic heterocycles. The molecule has 4 rings (SSSR count).